The molecule has 0 aromatic carbocycles. The summed E-state index contributed by atoms with van der Waals surface area (Å²) in [6.45, 7) is 3.31. The first-order chi connectivity index (χ1) is 8.67. The van der Waals surface area contributed by atoms with Crippen LogP contribution in [0.4, 0.5) is 0 Å². The standard InChI is InChI=1S/C11H14N2O5/c14-10(15)9-5-8(18-12-9)6-13-2-1-11(7-13)16-3-4-17-11/h5H,1-4,6-7H2,(H,14,15). The van der Waals surface area contributed by atoms with Gasteiger partial charge in [0, 0.05) is 19.0 Å². The van der Waals surface area contributed by atoms with Gasteiger partial charge in [0.2, 0.25) is 0 Å². The fourth-order valence-electron chi connectivity index (χ4n) is 2.40. The Morgan fingerprint density at radius 1 is 1.50 bits per heavy atom. The van der Waals surface area contributed by atoms with Gasteiger partial charge >= 0.3 is 5.97 Å². The van der Waals surface area contributed by atoms with E-state index in [0.29, 0.717) is 32.1 Å². The number of ether oxygens (including phenoxy) is 2. The Morgan fingerprint density at radius 3 is 2.94 bits per heavy atom. The zero-order valence-electron chi connectivity index (χ0n) is 9.79. The average molecular weight is 254 g/mol. The lowest BCUT2D eigenvalue weighted by Gasteiger charge is -2.21. The van der Waals surface area contributed by atoms with Gasteiger partial charge in [-0.3, -0.25) is 4.90 Å². The van der Waals surface area contributed by atoms with Crippen molar-refractivity contribution in [3.8, 4) is 0 Å². The molecule has 2 aliphatic rings. The highest BCUT2D eigenvalue weighted by molar-refractivity contribution is 5.85. The fourth-order valence-corrected chi connectivity index (χ4v) is 2.40. The molecule has 7 nitrogen and oxygen atoms in total. The molecule has 2 saturated heterocycles. The highest BCUT2D eigenvalue weighted by Crippen LogP contribution is 2.31. The number of likely N-dealkylation sites (tertiary alicyclic amines) is 1. The topological polar surface area (TPSA) is 85.0 Å². The summed E-state index contributed by atoms with van der Waals surface area (Å²) in [5.74, 6) is -0.997. The highest BCUT2D eigenvalue weighted by atomic mass is 16.7. The molecule has 1 aromatic rings. The summed E-state index contributed by atoms with van der Waals surface area (Å²) in [4.78, 5) is 12.8. The molecular weight excluding hydrogens is 240 g/mol. The molecule has 1 spiro atoms. The molecule has 0 unspecified atom stereocenters. The van der Waals surface area contributed by atoms with Crippen LogP contribution in [0.3, 0.4) is 0 Å². The van der Waals surface area contributed by atoms with Crippen LogP contribution in [0, 0.1) is 0 Å². The van der Waals surface area contributed by atoms with Crippen molar-refractivity contribution >= 4 is 5.97 Å². The maximum Gasteiger partial charge on any atom is 0.358 e. The second kappa shape index (κ2) is 4.34. The van der Waals surface area contributed by atoms with Crippen LogP contribution in [-0.4, -0.2) is 53.2 Å². The number of aromatic nitrogens is 1. The van der Waals surface area contributed by atoms with Crippen molar-refractivity contribution in [2.24, 2.45) is 0 Å². The number of carboxylic acid groups (broad SMARTS) is 1. The Bertz CT molecular complexity index is 452. The predicted molar refractivity (Wildman–Crippen MR) is 58.0 cm³/mol. The molecule has 2 aliphatic heterocycles. The van der Waals surface area contributed by atoms with Gasteiger partial charge in [-0.1, -0.05) is 5.16 Å². The first-order valence-corrected chi connectivity index (χ1v) is 5.86. The number of carboxylic acids is 1. The molecule has 0 atom stereocenters. The molecule has 7 heteroatoms. The third kappa shape index (κ3) is 2.12. The summed E-state index contributed by atoms with van der Waals surface area (Å²) in [5.41, 5.74) is -0.0627. The van der Waals surface area contributed by atoms with E-state index >= 15 is 0 Å². The second-order valence-electron chi connectivity index (χ2n) is 4.55. The molecule has 98 valence electrons. The quantitative estimate of drug-likeness (QED) is 0.831. The van der Waals surface area contributed by atoms with Crippen molar-refractivity contribution in [1.29, 1.82) is 0 Å². The van der Waals surface area contributed by atoms with Gasteiger partial charge < -0.3 is 19.1 Å². The number of aromatic carboxylic acids is 1. The van der Waals surface area contributed by atoms with Crippen LogP contribution in [0.1, 0.15) is 22.7 Å². The SMILES string of the molecule is O=C(O)c1cc(CN2CCC3(C2)OCCO3)on1. The maximum absolute atomic E-state index is 10.7. The molecule has 3 heterocycles. The Balaban J connectivity index is 1.61. The van der Waals surface area contributed by atoms with Crippen molar-refractivity contribution in [2.45, 2.75) is 18.8 Å². The Hall–Kier alpha value is -1.44. The van der Waals surface area contributed by atoms with E-state index in [1.165, 1.54) is 6.07 Å². The van der Waals surface area contributed by atoms with E-state index in [1.54, 1.807) is 0 Å². The van der Waals surface area contributed by atoms with Crippen LogP contribution in [0.2, 0.25) is 0 Å². The van der Waals surface area contributed by atoms with Gasteiger partial charge in [0.15, 0.2) is 17.2 Å². The van der Waals surface area contributed by atoms with Crippen molar-refractivity contribution in [1.82, 2.24) is 10.1 Å². The summed E-state index contributed by atoms with van der Waals surface area (Å²) in [6.07, 6.45) is 0.826. The zero-order chi connectivity index (χ0) is 12.6. The Kier molecular flexibility index (Phi) is 2.81. The van der Waals surface area contributed by atoms with E-state index in [4.69, 9.17) is 19.1 Å². The molecule has 1 aromatic heterocycles. The molecule has 0 saturated carbocycles. The summed E-state index contributed by atoms with van der Waals surface area (Å²) >= 11 is 0. The third-order valence-electron chi connectivity index (χ3n) is 3.24. The summed E-state index contributed by atoms with van der Waals surface area (Å²) in [6, 6.07) is 1.45. The van der Waals surface area contributed by atoms with Crippen LogP contribution in [0.15, 0.2) is 10.6 Å². The second-order valence-corrected chi connectivity index (χ2v) is 4.55. The number of carbonyl (C=O) groups is 1. The van der Waals surface area contributed by atoms with Gasteiger partial charge in [-0.15, -0.1) is 0 Å². The van der Waals surface area contributed by atoms with E-state index < -0.39 is 11.8 Å². The van der Waals surface area contributed by atoms with Crippen LogP contribution in [-0.2, 0) is 16.0 Å². The smallest absolute Gasteiger partial charge is 0.358 e. The van der Waals surface area contributed by atoms with E-state index in [-0.39, 0.29) is 5.69 Å². The minimum absolute atomic E-state index is 0.0627. The van der Waals surface area contributed by atoms with Gasteiger partial charge in [0.1, 0.15) is 0 Å². The third-order valence-corrected chi connectivity index (χ3v) is 3.24. The largest absolute Gasteiger partial charge is 0.476 e. The van der Waals surface area contributed by atoms with Crippen molar-refractivity contribution in [3.05, 3.63) is 17.5 Å². The van der Waals surface area contributed by atoms with Crippen LogP contribution < -0.4 is 0 Å². The van der Waals surface area contributed by atoms with Gasteiger partial charge in [-0.05, 0) is 0 Å². The molecule has 18 heavy (non-hydrogen) atoms. The van der Waals surface area contributed by atoms with E-state index in [0.717, 1.165) is 13.0 Å². The lowest BCUT2D eigenvalue weighted by molar-refractivity contribution is -0.145. The Morgan fingerprint density at radius 2 is 2.28 bits per heavy atom. The highest BCUT2D eigenvalue weighted by Gasteiger charge is 2.43. The van der Waals surface area contributed by atoms with E-state index in [1.807, 2.05) is 0 Å². The first kappa shape index (κ1) is 11.6. The lowest BCUT2D eigenvalue weighted by Crippen LogP contribution is -2.34. The summed E-state index contributed by atoms with van der Waals surface area (Å²) < 4.78 is 16.2. The molecule has 3 rings (SSSR count). The number of nitrogens with zero attached hydrogens (tertiary/aromatic N) is 2. The zero-order valence-corrected chi connectivity index (χ0v) is 9.79. The minimum atomic E-state index is -1.08. The molecule has 1 N–H and O–H groups in total. The average Bonchev–Trinajstić information content (AvgIpc) is 3.03. The van der Waals surface area contributed by atoms with Crippen LogP contribution in [0.5, 0.6) is 0 Å². The molecule has 0 radical (unpaired) electrons. The normalized spacial score (nSPS) is 22.9. The summed E-state index contributed by atoms with van der Waals surface area (Å²) in [7, 11) is 0. The molecule has 0 bridgehead atoms. The van der Waals surface area contributed by atoms with Gasteiger partial charge in [0.05, 0.1) is 26.3 Å². The maximum atomic E-state index is 10.7. The molecular formula is C11H14N2O5. The number of rotatable bonds is 3. The minimum Gasteiger partial charge on any atom is -0.476 e. The molecule has 0 amide bonds. The van der Waals surface area contributed by atoms with Gasteiger partial charge in [-0.25, -0.2) is 4.79 Å². The van der Waals surface area contributed by atoms with E-state index in [9.17, 15) is 4.79 Å². The number of hydrogen-bond acceptors (Lipinski definition) is 6. The fraction of sp³-hybridized carbons (Fsp3) is 0.636. The van der Waals surface area contributed by atoms with E-state index in [2.05, 4.69) is 10.1 Å². The van der Waals surface area contributed by atoms with Crippen molar-refractivity contribution < 1.29 is 23.9 Å². The summed E-state index contributed by atoms with van der Waals surface area (Å²) in [5, 5.41) is 12.2. The Labute approximate surface area is 103 Å². The van der Waals surface area contributed by atoms with Gasteiger partial charge in [-0.2, -0.15) is 0 Å². The lowest BCUT2D eigenvalue weighted by atomic mass is 10.2. The van der Waals surface area contributed by atoms with Gasteiger partial charge in [0.25, 0.3) is 0 Å². The van der Waals surface area contributed by atoms with Crippen LogP contribution >= 0.6 is 0 Å². The van der Waals surface area contributed by atoms with Crippen molar-refractivity contribution in [2.75, 3.05) is 26.3 Å². The first-order valence-electron chi connectivity index (χ1n) is 5.86. The molecule has 0 aliphatic carbocycles. The molecule has 2 fully saturated rings. The van der Waals surface area contributed by atoms with Crippen LogP contribution in [0.25, 0.3) is 0 Å². The monoisotopic (exact) mass is 254 g/mol. The predicted octanol–water partition coefficient (Wildman–Crippen LogP) is 0.322. The van der Waals surface area contributed by atoms with Crippen molar-refractivity contribution in [3.63, 3.8) is 0 Å². The number of hydrogen-bond donors (Lipinski definition) is 1.